The first-order chi connectivity index (χ1) is 11.9. The summed E-state index contributed by atoms with van der Waals surface area (Å²) in [6.07, 6.45) is -7.39. The van der Waals surface area contributed by atoms with Crippen molar-refractivity contribution in [3.8, 4) is 0 Å². The fraction of sp³-hybridized carbons (Fsp3) is 0.733. The summed E-state index contributed by atoms with van der Waals surface area (Å²) in [5.74, 6) is -4.29. The highest BCUT2D eigenvalue weighted by Gasteiger charge is 2.47. The van der Waals surface area contributed by atoms with Gasteiger partial charge in [0.05, 0.1) is 13.0 Å². The van der Waals surface area contributed by atoms with Gasteiger partial charge in [-0.25, -0.2) is 4.79 Å². The maximum atomic E-state index is 13.0. The second-order valence-corrected chi connectivity index (χ2v) is 7.81. The number of ether oxygens (including phenoxy) is 2. The summed E-state index contributed by atoms with van der Waals surface area (Å²) in [6.45, 7) is 4.87. The molecule has 11 heteroatoms. The molecule has 3 unspecified atom stereocenters. The van der Waals surface area contributed by atoms with Gasteiger partial charge >= 0.3 is 18.1 Å². The zero-order valence-corrected chi connectivity index (χ0v) is 15.2. The van der Waals surface area contributed by atoms with Gasteiger partial charge < -0.3 is 9.47 Å². The van der Waals surface area contributed by atoms with Gasteiger partial charge in [-0.15, -0.1) is 0 Å². The number of esters is 2. The molecule has 0 aromatic rings. The molecule has 0 spiro atoms. The van der Waals surface area contributed by atoms with Crippen LogP contribution in [0.3, 0.4) is 0 Å². The van der Waals surface area contributed by atoms with E-state index in [0.29, 0.717) is 20.0 Å². The van der Waals surface area contributed by atoms with E-state index in [2.05, 4.69) is 15.5 Å². The number of rotatable bonds is 7. The van der Waals surface area contributed by atoms with Crippen molar-refractivity contribution >= 4 is 22.1 Å². The van der Waals surface area contributed by atoms with Gasteiger partial charge in [-0.2, -0.15) is 21.6 Å². The quantitative estimate of drug-likeness (QED) is 0.366. The molecule has 1 fully saturated rings. The van der Waals surface area contributed by atoms with Crippen LogP contribution in [0.4, 0.5) is 13.2 Å². The van der Waals surface area contributed by atoms with E-state index in [1.807, 2.05) is 0 Å². The van der Waals surface area contributed by atoms with E-state index in [9.17, 15) is 31.2 Å². The molecule has 3 atom stereocenters. The van der Waals surface area contributed by atoms with Gasteiger partial charge in [0.2, 0.25) is 6.10 Å². The number of hydrogen-bond donors (Lipinski definition) is 0. The molecule has 1 aliphatic carbocycles. The Hall–Kier alpha value is -1.62. The zero-order chi connectivity index (χ0) is 20.1. The molecule has 1 saturated carbocycles. The fourth-order valence-electron chi connectivity index (χ4n) is 2.40. The van der Waals surface area contributed by atoms with E-state index >= 15 is 0 Å². The molecular formula is C15H21F3O7S. The highest BCUT2D eigenvalue weighted by atomic mass is 32.2. The van der Waals surface area contributed by atoms with Gasteiger partial charge in [-0.05, 0) is 32.6 Å². The van der Waals surface area contributed by atoms with E-state index in [4.69, 9.17) is 4.74 Å². The molecule has 1 aliphatic rings. The van der Waals surface area contributed by atoms with Crippen LogP contribution in [0.25, 0.3) is 0 Å². The smallest absolute Gasteiger partial charge is 0.426 e. The Morgan fingerprint density at radius 1 is 1.27 bits per heavy atom. The summed E-state index contributed by atoms with van der Waals surface area (Å²) in [5.41, 5.74) is 0.164. The normalized spacial score (nSPS) is 22.3. The molecular weight excluding hydrogens is 381 g/mol. The minimum atomic E-state index is -5.07. The first-order valence-corrected chi connectivity index (χ1v) is 9.35. The van der Waals surface area contributed by atoms with Gasteiger partial charge in [0.25, 0.3) is 10.1 Å². The van der Waals surface area contributed by atoms with Crippen molar-refractivity contribution in [1.82, 2.24) is 0 Å². The SMILES string of the molecule is C=C(C)C(=O)OC1CCCC(C(=O)OC(CS(=O)(=O)OC)C(F)(F)F)C1. The zero-order valence-electron chi connectivity index (χ0n) is 14.4. The van der Waals surface area contributed by atoms with Crippen LogP contribution in [-0.2, 0) is 33.4 Å². The number of carbonyl (C=O) groups excluding carboxylic acids is 2. The van der Waals surface area contributed by atoms with Crippen LogP contribution in [0, 0.1) is 5.92 Å². The Kier molecular flexibility index (Phi) is 7.63. The lowest BCUT2D eigenvalue weighted by Gasteiger charge is -2.29. The lowest BCUT2D eigenvalue weighted by Crippen LogP contribution is -2.42. The predicted molar refractivity (Wildman–Crippen MR) is 83.4 cm³/mol. The minimum absolute atomic E-state index is 0.000537. The lowest BCUT2D eigenvalue weighted by molar-refractivity contribution is -0.218. The van der Waals surface area contributed by atoms with Crippen molar-refractivity contribution < 1.29 is 44.8 Å². The third kappa shape index (κ3) is 6.94. The molecule has 0 amide bonds. The highest BCUT2D eigenvalue weighted by molar-refractivity contribution is 7.86. The van der Waals surface area contributed by atoms with Crippen molar-refractivity contribution in [2.24, 2.45) is 5.92 Å². The van der Waals surface area contributed by atoms with Crippen molar-refractivity contribution in [1.29, 1.82) is 0 Å². The van der Waals surface area contributed by atoms with E-state index < -0.39 is 52.1 Å². The molecule has 0 aliphatic heterocycles. The van der Waals surface area contributed by atoms with E-state index in [-0.39, 0.29) is 18.4 Å². The highest BCUT2D eigenvalue weighted by Crippen LogP contribution is 2.31. The molecule has 0 heterocycles. The van der Waals surface area contributed by atoms with E-state index in [0.717, 1.165) is 0 Å². The van der Waals surface area contributed by atoms with E-state index in [1.54, 1.807) is 0 Å². The van der Waals surface area contributed by atoms with Crippen LogP contribution in [0.2, 0.25) is 0 Å². The minimum Gasteiger partial charge on any atom is -0.459 e. The van der Waals surface area contributed by atoms with Crippen LogP contribution < -0.4 is 0 Å². The molecule has 0 aromatic heterocycles. The van der Waals surface area contributed by atoms with Crippen LogP contribution >= 0.6 is 0 Å². The van der Waals surface area contributed by atoms with Gasteiger partial charge in [0, 0.05) is 5.57 Å². The number of halogens is 3. The van der Waals surface area contributed by atoms with Gasteiger partial charge in [0.1, 0.15) is 11.9 Å². The van der Waals surface area contributed by atoms with Crippen molar-refractivity contribution in [2.75, 3.05) is 12.9 Å². The second-order valence-electron chi connectivity index (χ2n) is 6.03. The van der Waals surface area contributed by atoms with Crippen molar-refractivity contribution in [3.05, 3.63) is 12.2 Å². The molecule has 0 saturated heterocycles. The summed E-state index contributed by atoms with van der Waals surface area (Å²) >= 11 is 0. The van der Waals surface area contributed by atoms with Crippen LogP contribution in [0.1, 0.15) is 32.6 Å². The fourth-order valence-corrected chi connectivity index (χ4v) is 3.17. The van der Waals surface area contributed by atoms with Gasteiger partial charge in [-0.1, -0.05) is 6.58 Å². The van der Waals surface area contributed by atoms with Crippen LogP contribution in [-0.4, -0.2) is 51.6 Å². The number of alkyl halides is 3. The molecule has 26 heavy (non-hydrogen) atoms. The Balaban J connectivity index is 2.76. The Bertz CT molecular complexity index is 642. The maximum Gasteiger partial charge on any atom is 0.426 e. The molecule has 0 radical (unpaired) electrons. The number of carbonyl (C=O) groups is 2. The lowest BCUT2D eigenvalue weighted by atomic mass is 9.87. The molecule has 7 nitrogen and oxygen atoms in total. The number of hydrogen-bond acceptors (Lipinski definition) is 7. The first kappa shape index (κ1) is 22.4. The van der Waals surface area contributed by atoms with Crippen molar-refractivity contribution in [2.45, 2.75) is 51.0 Å². The van der Waals surface area contributed by atoms with Crippen LogP contribution in [0.15, 0.2) is 12.2 Å². The summed E-state index contributed by atoms with van der Waals surface area (Å²) < 4.78 is 75.0. The monoisotopic (exact) mass is 402 g/mol. The van der Waals surface area contributed by atoms with Gasteiger partial charge in [0.15, 0.2) is 0 Å². The van der Waals surface area contributed by atoms with Crippen LogP contribution in [0.5, 0.6) is 0 Å². The van der Waals surface area contributed by atoms with Gasteiger partial charge in [-0.3, -0.25) is 8.98 Å². The third-order valence-electron chi connectivity index (χ3n) is 3.81. The average molecular weight is 402 g/mol. The Morgan fingerprint density at radius 2 is 1.88 bits per heavy atom. The second kappa shape index (κ2) is 8.85. The predicted octanol–water partition coefficient (Wildman–Crippen LogP) is 2.11. The standard InChI is InChI=1S/C15H21F3O7S/c1-9(2)13(19)24-11-6-4-5-10(7-11)14(20)25-12(15(16,17)18)8-26(21,22)23-3/h10-12H,1,4-8H2,2-3H3. The topological polar surface area (TPSA) is 96.0 Å². The third-order valence-corrected chi connectivity index (χ3v) is 5.03. The summed E-state index contributed by atoms with van der Waals surface area (Å²) in [5, 5.41) is 0. The summed E-state index contributed by atoms with van der Waals surface area (Å²) in [6, 6.07) is 0. The summed E-state index contributed by atoms with van der Waals surface area (Å²) in [4.78, 5) is 23.6. The molecule has 0 aromatic carbocycles. The average Bonchev–Trinajstić information content (AvgIpc) is 2.53. The van der Waals surface area contributed by atoms with Crippen molar-refractivity contribution in [3.63, 3.8) is 0 Å². The molecule has 1 rings (SSSR count). The molecule has 0 bridgehead atoms. The first-order valence-electron chi connectivity index (χ1n) is 7.77. The maximum absolute atomic E-state index is 13.0. The molecule has 0 N–H and O–H groups in total. The summed E-state index contributed by atoms with van der Waals surface area (Å²) in [7, 11) is -3.78. The molecule has 150 valence electrons. The Morgan fingerprint density at radius 3 is 2.38 bits per heavy atom. The largest absolute Gasteiger partial charge is 0.459 e. The van der Waals surface area contributed by atoms with E-state index in [1.165, 1.54) is 6.92 Å². The Labute approximate surface area is 149 Å².